The molecular weight excluding hydrogens is 509 g/mol. The molecule has 3 aromatic carbocycles. The van der Waals surface area contributed by atoms with Gasteiger partial charge >= 0.3 is 5.97 Å². The number of ether oxygens (including phenoxy) is 2. The van der Waals surface area contributed by atoms with Crippen LogP contribution >= 0.6 is 15.9 Å². The van der Waals surface area contributed by atoms with Crippen LogP contribution in [-0.2, 0) is 4.79 Å². The largest absolute Gasteiger partial charge is 0.497 e. The summed E-state index contributed by atoms with van der Waals surface area (Å²) < 4.78 is 24.2. The molecular formula is C24H19BrFN3O5. The molecule has 0 saturated carbocycles. The van der Waals surface area contributed by atoms with Gasteiger partial charge in [0.25, 0.3) is 11.8 Å². The van der Waals surface area contributed by atoms with Crippen LogP contribution in [0.5, 0.6) is 11.5 Å². The first-order valence-electron chi connectivity index (χ1n) is 9.87. The number of nitrogens with one attached hydrogen (secondary N) is 2. The highest BCUT2D eigenvalue weighted by molar-refractivity contribution is 9.10. The fraction of sp³-hybridized carbons (Fsp3) is 0.0833. The second-order valence-electron chi connectivity index (χ2n) is 6.78. The predicted molar refractivity (Wildman–Crippen MR) is 127 cm³/mol. The molecule has 0 bridgehead atoms. The normalized spacial score (nSPS) is 10.6. The van der Waals surface area contributed by atoms with Gasteiger partial charge in [-0.25, -0.2) is 14.6 Å². The molecule has 0 aliphatic heterocycles. The summed E-state index contributed by atoms with van der Waals surface area (Å²) in [6, 6.07) is 16.3. The third kappa shape index (κ3) is 6.97. The monoisotopic (exact) mass is 527 g/mol. The van der Waals surface area contributed by atoms with Gasteiger partial charge in [-0.3, -0.25) is 9.59 Å². The van der Waals surface area contributed by atoms with Gasteiger partial charge in [0.05, 0.1) is 25.4 Å². The summed E-state index contributed by atoms with van der Waals surface area (Å²) in [7, 11) is 1.53. The summed E-state index contributed by atoms with van der Waals surface area (Å²) in [5.41, 5.74) is 3.25. The minimum Gasteiger partial charge on any atom is -0.497 e. The molecule has 2 amide bonds. The van der Waals surface area contributed by atoms with Crippen LogP contribution in [0.15, 0.2) is 76.3 Å². The van der Waals surface area contributed by atoms with Crippen LogP contribution in [0.25, 0.3) is 0 Å². The lowest BCUT2D eigenvalue weighted by Gasteiger charge is -2.09. The minimum absolute atomic E-state index is 0.218. The predicted octanol–water partition coefficient (Wildman–Crippen LogP) is 3.70. The molecule has 2 N–H and O–H groups in total. The van der Waals surface area contributed by atoms with Crippen molar-refractivity contribution >= 4 is 39.9 Å². The molecule has 0 aliphatic rings. The summed E-state index contributed by atoms with van der Waals surface area (Å²) in [5, 5.41) is 6.26. The minimum atomic E-state index is -0.585. The Morgan fingerprint density at radius 2 is 1.68 bits per heavy atom. The van der Waals surface area contributed by atoms with Gasteiger partial charge in [0, 0.05) is 15.6 Å². The van der Waals surface area contributed by atoms with Crippen molar-refractivity contribution in [2.75, 3.05) is 13.7 Å². The molecule has 8 nitrogen and oxygen atoms in total. The van der Waals surface area contributed by atoms with Crippen molar-refractivity contribution in [2.24, 2.45) is 5.10 Å². The van der Waals surface area contributed by atoms with E-state index >= 15 is 0 Å². The fourth-order valence-electron chi connectivity index (χ4n) is 2.68. The number of hydrazone groups is 1. The van der Waals surface area contributed by atoms with E-state index in [9.17, 15) is 18.8 Å². The summed E-state index contributed by atoms with van der Waals surface area (Å²) in [6.45, 7) is -0.342. The fourth-order valence-corrected chi connectivity index (χ4v) is 3.06. The highest BCUT2D eigenvalue weighted by Crippen LogP contribution is 2.23. The molecule has 3 aromatic rings. The maximum Gasteiger partial charge on any atom is 0.343 e. The van der Waals surface area contributed by atoms with Gasteiger partial charge in [-0.2, -0.15) is 5.10 Å². The van der Waals surface area contributed by atoms with Crippen molar-refractivity contribution < 1.29 is 28.2 Å². The van der Waals surface area contributed by atoms with E-state index in [1.807, 2.05) is 0 Å². The molecule has 0 atom stereocenters. The van der Waals surface area contributed by atoms with Crippen molar-refractivity contribution in [1.29, 1.82) is 0 Å². The Balaban J connectivity index is 1.58. The lowest BCUT2D eigenvalue weighted by molar-refractivity contribution is -0.120. The molecule has 0 aromatic heterocycles. The van der Waals surface area contributed by atoms with Crippen molar-refractivity contribution in [2.45, 2.75) is 0 Å². The van der Waals surface area contributed by atoms with Gasteiger partial charge in [-0.1, -0.05) is 15.9 Å². The van der Waals surface area contributed by atoms with E-state index in [-0.39, 0.29) is 17.9 Å². The quantitative estimate of drug-likeness (QED) is 0.201. The average Bonchev–Trinajstić information content (AvgIpc) is 2.84. The second kappa shape index (κ2) is 11.7. The number of amides is 2. The molecule has 0 radical (unpaired) electrons. The van der Waals surface area contributed by atoms with Crippen molar-refractivity contribution in [1.82, 2.24) is 10.7 Å². The third-order valence-electron chi connectivity index (χ3n) is 4.41. The van der Waals surface area contributed by atoms with Crippen LogP contribution < -0.4 is 20.2 Å². The van der Waals surface area contributed by atoms with Crippen LogP contribution in [0.2, 0.25) is 0 Å². The van der Waals surface area contributed by atoms with Crippen LogP contribution in [0.4, 0.5) is 4.39 Å². The van der Waals surface area contributed by atoms with Crippen LogP contribution in [0.3, 0.4) is 0 Å². The summed E-state index contributed by atoms with van der Waals surface area (Å²) in [4.78, 5) is 36.4. The second-order valence-corrected chi connectivity index (χ2v) is 7.70. The van der Waals surface area contributed by atoms with E-state index in [1.54, 1.807) is 42.5 Å². The number of carbonyl (C=O) groups is 3. The molecule has 0 aliphatic carbocycles. The maximum atomic E-state index is 12.9. The Kier molecular flexibility index (Phi) is 8.47. The summed E-state index contributed by atoms with van der Waals surface area (Å²) in [5.74, 6) is -1.32. The molecule has 34 heavy (non-hydrogen) atoms. The summed E-state index contributed by atoms with van der Waals surface area (Å²) in [6.07, 6.45) is 1.31. The number of halogens is 2. The van der Waals surface area contributed by atoms with E-state index in [2.05, 4.69) is 31.8 Å². The Bertz CT molecular complexity index is 1210. The number of carbonyl (C=O) groups excluding carboxylic acids is 3. The van der Waals surface area contributed by atoms with Crippen molar-refractivity contribution in [3.05, 3.63) is 93.7 Å². The Labute approximate surface area is 202 Å². The first kappa shape index (κ1) is 24.6. The molecule has 0 heterocycles. The Morgan fingerprint density at radius 3 is 2.35 bits per heavy atom. The van der Waals surface area contributed by atoms with E-state index in [1.165, 1.54) is 25.5 Å². The Hall–Kier alpha value is -4.05. The van der Waals surface area contributed by atoms with E-state index < -0.39 is 23.6 Å². The zero-order valence-electron chi connectivity index (χ0n) is 17.9. The topological polar surface area (TPSA) is 106 Å². The zero-order valence-corrected chi connectivity index (χ0v) is 19.5. The van der Waals surface area contributed by atoms with Gasteiger partial charge in [-0.15, -0.1) is 0 Å². The molecule has 10 heteroatoms. The molecule has 0 fully saturated rings. The van der Waals surface area contributed by atoms with Gasteiger partial charge in [0.2, 0.25) is 0 Å². The van der Waals surface area contributed by atoms with Gasteiger partial charge in [0.1, 0.15) is 17.3 Å². The molecule has 0 spiro atoms. The van der Waals surface area contributed by atoms with Gasteiger partial charge < -0.3 is 14.8 Å². The van der Waals surface area contributed by atoms with Crippen LogP contribution in [0.1, 0.15) is 26.3 Å². The highest BCUT2D eigenvalue weighted by Gasteiger charge is 2.12. The number of methoxy groups -OCH3 is 1. The van der Waals surface area contributed by atoms with Crippen molar-refractivity contribution in [3.63, 3.8) is 0 Å². The zero-order chi connectivity index (χ0) is 24.5. The summed E-state index contributed by atoms with van der Waals surface area (Å²) >= 11 is 3.34. The smallest absolute Gasteiger partial charge is 0.343 e. The SMILES string of the molecule is COc1ccc(C(=O)Oc2ccc(Br)cc2/C=N/NC(=O)CNC(=O)c2ccc(F)cc2)cc1. The number of rotatable bonds is 8. The first-order chi connectivity index (χ1) is 16.4. The van der Waals surface area contributed by atoms with E-state index in [0.717, 1.165) is 12.1 Å². The number of hydrogen-bond donors (Lipinski definition) is 2. The standard InChI is InChI=1S/C24H19BrFN3O5/c1-33-20-9-4-16(5-10-20)24(32)34-21-11-6-18(25)12-17(21)13-28-29-22(30)14-27-23(31)15-2-7-19(26)8-3-15/h2-13H,14H2,1H3,(H,27,31)(H,29,30)/b28-13+. The first-order valence-corrected chi connectivity index (χ1v) is 10.7. The lowest BCUT2D eigenvalue weighted by Crippen LogP contribution is -2.34. The molecule has 3 rings (SSSR count). The number of hydrogen-bond acceptors (Lipinski definition) is 6. The molecule has 174 valence electrons. The van der Waals surface area contributed by atoms with Gasteiger partial charge in [0.15, 0.2) is 0 Å². The van der Waals surface area contributed by atoms with E-state index in [0.29, 0.717) is 21.3 Å². The maximum absolute atomic E-state index is 12.9. The number of benzene rings is 3. The molecule has 0 saturated heterocycles. The molecule has 0 unspecified atom stereocenters. The number of esters is 1. The van der Waals surface area contributed by atoms with Crippen molar-refractivity contribution in [3.8, 4) is 11.5 Å². The Morgan fingerprint density at radius 1 is 1.00 bits per heavy atom. The van der Waals surface area contributed by atoms with Crippen LogP contribution in [-0.4, -0.2) is 37.7 Å². The van der Waals surface area contributed by atoms with Gasteiger partial charge in [-0.05, 0) is 66.7 Å². The average molecular weight is 528 g/mol. The lowest BCUT2D eigenvalue weighted by atomic mass is 10.2. The third-order valence-corrected chi connectivity index (χ3v) is 4.90. The van der Waals surface area contributed by atoms with E-state index in [4.69, 9.17) is 9.47 Å². The van der Waals surface area contributed by atoms with Crippen LogP contribution in [0, 0.1) is 5.82 Å². The number of nitrogens with zero attached hydrogens (tertiary/aromatic N) is 1. The highest BCUT2D eigenvalue weighted by atomic mass is 79.9.